The van der Waals surface area contributed by atoms with Gasteiger partial charge in [-0.1, -0.05) is 44.0 Å². The van der Waals surface area contributed by atoms with Crippen LogP contribution < -0.4 is 10.6 Å². The predicted octanol–water partition coefficient (Wildman–Crippen LogP) is 4.10. The summed E-state index contributed by atoms with van der Waals surface area (Å²) in [4.78, 5) is 4.68. The van der Waals surface area contributed by atoms with E-state index in [0.29, 0.717) is 26.4 Å². The van der Waals surface area contributed by atoms with Gasteiger partial charge in [-0.25, -0.2) is 4.99 Å². The third-order valence-corrected chi connectivity index (χ3v) is 3.67. The standard InChI is InChI=1S/C20H35N3O2.HI/c1-4-7-8-12-22-20(21-5-2)23-16-18-10-9-11-19(15-18)17-25-14-13-24-6-3;/h9-11,15H,4-8,12-14,16-17H2,1-3H3,(H2,21,22,23);1H. The van der Waals surface area contributed by atoms with E-state index in [2.05, 4.69) is 53.7 Å². The van der Waals surface area contributed by atoms with E-state index < -0.39 is 0 Å². The minimum absolute atomic E-state index is 0. The fourth-order valence-electron chi connectivity index (χ4n) is 2.36. The number of rotatable bonds is 13. The molecule has 150 valence electrons. The molecule has 0 fully saturated rings. The Morgan fingerprint density at radius 2 is 1.77 bits per heavy atom. The van der Waals surface area contributed by atoms with E-state index in [0.717, 1.165) is 25.7 Å². The number of unbranched alkanes of at least 4 members (excludes halogenated alkanes) is 2. The Labute approximate surface area is 176 Å². The highest BCUT2D eigenvalue weighted by molar-refractivity contribution is 14.0. The molecule has 5 nitrogen and oxygen atoms in total. The van der Waals surface area contributed by atoms with Crippen molar-refractivity contribution in [2.45, 2.75) is 53.2 Å². The molecule has 0 aromatic heterocycles. The monoisotopic (exact) mass is 477 g/mol. The zero-order valence-electron chi connectivity index (χ0n) is 16.6. The summed E-state index contributed by atoms with van der Waals surface area (Å²) in [5.41, 5.74) is 2.36. The maximum absolute atomic E-state index is 5.63. The zero-order valence-corrected chi connectivity index (χ0v) is 18.9. The number of ether oxygens (including phenoxy) is 2. The van der Waals surface area contributed by atoms with Crippen LogP contribution in [0.3, 0.4) is 0 Å². The van der Waals surface area contributed by atoms with Crippen LogP contribution in [-0.4, -0.2) is 38.9 Å². The van der Waals surface area contributed by atoms with Gasteiger partial charge in [-0.15, -0.1) is 24.0 Å². The van der Waals surface area contributed by atoms with Crippen LogP contribution in [0, 0.1) is 0 Å². The lowest BCUT2D eigenvalue weighted by molar-refractivity contribution is 0.0453. The van der Waals surface area contributed by atoms with Gasteiger partial charge < -0.3 is 20.1 Å². The summed E-state index contributed by atoms with van der Waals surface area (Å²) in [6.45, 7) is 11.4. The van der Waals surface area contributed by atoms with Gasteiger partial charge in [0.15, 0.2) is 5.96 Å². The highest BCUT2D eigenvalue weighted by Crippen LogP contribution is 2.08. The second kappa shape index (κ2) is 17.5. The van der Waals surface area contributed by atoms with Crippen molar-refractivity contribution < 1.29 is 9.47 Å². The second-order valence-electron chi connectivity index (χ2n) is 5.90. The van der Waals surface area contributed by atoms with E-state index in [1.807, 2.05) is 6.92 Å². The molecule has 0 bridgehead atoms. The van der Waals surface area contributed by atoms with Crippen molar-refractivity contribution in [3.05, 3.63) is 35.4 Å². The van der Waals surface area contributed by atoms with Gasteiger partial charge in [0, 0.05) is 19.7 Å². The Balaban J connectivity index is 0.00000625. The lowest BCUT2D eigenvalue weighted by Crippen LogP contribution is -2.37. The molecule has 26 heavy (non-hydrogen) atoms. The van der Waals surface area contributed by atoms with Gasteiger partial charge in [0.05, 0.1) is 26.4 Å². The lowest BCUT2D eigenvalue weighted by Gasteiger charge is -2.11. The Bertz CT molecular complexity index is 484. The SMILES string of the molecule is CCCCCNC(=NCc1cccc(COCCOCC)c1)NCC.I. The molecule has 0 unspecified atom stereocenters. The molecule has 0 atom stereocenters. The van der Waals surface area contributed by atoms with Crippen molar-refractivity contribution in [3.8, 4) is 0 Å². The van der Waals surface area contributed by atoms with E-state index in [9.17, 15) is 0 Å². The Kier molecular flexibility index (Phi) is 17.0. The second-order valence-corrected chi connectivity index (χ2v) is 5.90. The molecule has 6 heteroatoms. The molecule has 1 aromatic rings. The molecule has 2 N–H and O–H groups in total. The normalized spacial score (nSPS) is 11.1. The smallest absolute Gasteiger partial charge is 0.191 e. The van der Waals surface area contributed by atoms with Crippen molar-refractivity contribution >= 4 is 29.9 Å². The van der Waals surface area contributed by atoms with Crippen molar-refractivity contribution in [2.75, 3.05) is 32.9 Å². The number of halogens is 1. The van der Waals surface area contributed by atoms with Crippen molar-refractivity contribution in [3.63, 3.8) is 0 Å². The number of hydrogen-bond acceptors (Lipinski definition) is 3. The first-order chi connectivity index (χ1) is 12.3. The van der Waals surface area contributed by atoms with Crippen LogP contribution in [0.1, 0.15) is 51.2 Å². The number of aliphatic imine (C=N–C) groups is 1. The zero-order chi connectivity index (χ0) is 18.2. The van der Waals surface area contributed by atoms with Crippen LogP contribution in [0.2, 0.25) is 0 Å². The van der Waals surface area contributed by atoms with Gasteiger partial charge in [-0.2, -0.15) is 0 Å². The Hall–Kier alpha value is -0.860. The fraction of sp³-hybridized carbons (Fsp3) is 0.650. The third kappa shape index (κ3) is 12.5. The molecule has 0 spiro atoms. The van der Waals surface area contributed by atoms with E-state index >= 15 is 0 Å². The predicted molar refractivity (Wildman–Crippen MR) is 120 cm³/mol. The van der Waals surface area contributed by atoms with Gasteiger partial charge in [0.1, 0.15) is 0 Å². The summed E-state index contributed by atoms with van der Waals surface area (Å²) < 4.78 is 10.9. The molecule has 0 aliphatic carbocycles. The maximum Gasteiger partial charge on any atom is 0.191 e. The maximum atomic E-state index is 5.63. The van der Waals surface area contributed by atoms with Crippen LogP contribution >= 0.6 is 24.0 Å². The topological polar surface area (TPSA) is 54.9 Å². The van der Waals surface area contributed by atoms with E-state index in [1.165, 1.54) is 30.4 Å². The molecular formula is C20H36IN3O2. The highest BCUT2D eigenvalue weighted by Gasteiger charge is 1.99. The van der Waals surface area contributed by atoms with Gasteiger partial charge in [0.25, 0.3) is 0 Å². The largest absolute Gasteiger partial charge is 0.379 e. The van der Waals surface area contributed by atoms with Crippen LogP contribution in [-0.2, 0) is 22.6 Å². The third-order valence-electron chi connectivity index (χ3n) is 3.67. The minimum Gasteiger partial charge on any atom is -0.379 e. The lowest BCUT2D eigenvalue weighted by atomic mass is 10.1. The van der Waals surface area contributed by atoms with Crippen LogP contribution in [0.25, 0.3) is 0 Å². The number of nitrogens with one attached hydrogen (secondary N) is 2. The van der Waals surface area contributed by atoms with Gasteiger partial charge in [-0.05, 0) is 31.4 Å². The Morgan fingerprint density at radius 3 is 2.50 bits per heavy atom. The van der Waals surface area contributed by atoms with Crippen LogP contribution in [0.5, 0.6) is 0 Å². The number of guanidine groups is 1. The molecule has 0 saturated carbocycles. The molecule has 1 rings (SSSR count). The fourth-order valence-corrected chi connectivity index (χ4v) is 2.36. The molecular weight excluding hydrogens is 441 g/mol. The molecule has 0 aliphatic rings. The van der Waals surface area contributed by atoms with Gasteiger partial charge in [0.2, 0.25) is 0 Å². The Morgan fingerprint density at radius 1 is 1.00 bits per heavy atom. The highest BCUT2D eigenvalue weighted by atomic mass is 127. The summed E-state index contributed by atoms with van der Waals surface area (Å²) in [7, 11) is 0. The van der Waals surface area contributed by atoms with Crippen molar-refractivity contribution in [1.29, 1.82) is 0 Å². The summed E-state index contributed by atoms with van der Waals surface area (Å²) in [5, 5.41) is 6.69. The molecule has 0 amide bonds. The first-order valence-electron chi connectivity index (χ1n) is 9.55. The van der Waals surface area contributed by atoms with Gasteiger partial charge in [-0.3, -0.25) is 0 Å². The van der Waals surface area contributed by atoms with Crippen LogP contribution in [0.15, 0.2) is 29.3 Å². The van der Waals surface area contributed by atoms with Crippen molar-refractivity contribution in [2.24, 2.45) is 4.99 Å². The molecule has 0 saturated heterocycles. The number of benzene rings is 1. The van der Waals surface area contributed by atoms with Crippen LogP contribution in [0.4, 0.5) is 0 Å². The quantitative estimate of drug-likeness (QED) is 0.194. The van der Waals surface area contributed by atoms with Crippen molar-refractivity contribution in [1.82, 2.24) is 10.6 Å². The number of nitrogens with zero attached hydrogens (tertiary/aromatic N) is 1. The minimum atomic E-state index is 0. The summed E-state index contributed by atoms with van der Waals surface area (Å²) in [6, 6.07) is 8.41. The van der Waals surface area contributed by atoms with E-state index in [-0.39, 0.29) is 24.0 Å². The molecule has 0 heterocycles. The van der Waals surface area contributed by atoms with E-state index in [1.54, 1.807) is 0 Å². The molecule has 0 radical (unpaired) electrons. The molecule has 1 aromatic carbocycles. The van der Waals surface area contributed by atoms with Gasteiger partial charge >= 0.3 is 0 Å². The molecule has 0 aliphatic heterocycles. The average Bonchev–Trinajstić information content (AvgIpc) is 2.63. The first kappa shape index (κ1) is 25.1. The summed E-state index contributed by atoms with van der Waals surface area (Å²) >= 11 is 0. The first-order valence-corrected chi connectivity index (χ1v) is 9.55. The number of hydrogen-bond donors (Lipinski definition) is 2. The van der Waals surface area contributed by atoms with E-state index in [4.69, 9.17) is 9.47 Å². The summed E-state index contributed by atoms with van der Waals surface area (Å²) in [6.07, 6.45) is 3.65. The average molecular weight is 477 g/mol. The summed E-state index contributed by atoms with van der Waals surface area (Å²) in [5.74, 6) is 0.886.